The van der Waals surface area contributed by atoms with E-state index in [1.165, 1.54) is 12.1 Å². The number of piperazine rings is 1. The Balaban J connectivity index is 1.75. The number of benzene rings is 1. The molecule has 1 aliphatic rings. The third kappa shape index (κ3) is 5.94. The second kappa shape index (κ2) is 9.69. The number of carbonyl (C=O) groups is 1. The van der Waals surface area contributed by atoms with E-state index >= 15 is 0 Å². The Bertz CT molecular complexity index is 616. The minimum absolute atomic E-state index is 0.0930. The summed E-state index contributed by atoms with van der Waals surface area (Å²) in [5, 5.41) is 13.6. The standard InChI is InChI=1S/C16H22N4O3S2/c1-17-7-6-15(21)18-8-10-19(11-9-18)16(24)25-12-13-2-4-14(5-3-13)20(22)23/h2-5,17H,6-12H2,1H3. The zero-order valence-corrected chi connectivity index (χ0v) is 15.8. The lowest BCUT2D eigenvalue weighted by Gasteiger charge is -2.36. The van der Waals surface area contributed by atoms with Crippen LogP contribution in [0.3, 0.4) is 0 Å². The van der Waals surface area contributed by atoms with Crippen molar-refractivity contribution < 1.29 is 9.72 Å². The number of non-ortho nitro benzene ring substituents is 1. The van der Waals surface area contributed by atoms with Gasteiger partial charge in [0.25, 0.3) is 5.69 Å². The summed E-state index contributed by atoms with van der Waals surface area (Å²) in [6.45, 7) is 3.58. The van der Waals surface area contributed by atoms with Gasteiger partial charge in [0.2, 0.25) is 5.91 Å². The lowest BCUT2D eigenvalue weighted by molar-refractivity contribution is -0.384. The molecule has 1 amide bonds. The first-order valence-electron chi connectivity index (χ1n) is 8.08. The van der Waals surface area contributed by atoms with Gasteiger partial charge >= 0.3 is 0 Å². The van der Waals surface area contributed by atoms with Gasteiger partial charge in [-0.2, -0.15) is 0 Å². The summed E-state index contributed by atoms with van der Waals surface area (Å²) in [5.41, 5.74) is 1.09. The van der Waals surface area contributed by atoms with E-state index in [2.05, 4.69) is 10.2 Å². The molecule has 136 valence electrons. The molecule has 1 heterocycles. The van der Waals surface area contributed by atoms with Crippen molar-refractivity contribution in [2.24, 2.45) is 0 Å². The van der Waals surface area contributed by atoms with Gasteiger partial charge in [0.1, 0.15) is 4.32 Å². The molecule has 0 bridgehead atoms. The summed E-state index contributed by atoms with van der Waals surface area (Å²) in [7, 11) is 1.84. The van der Waals surface area contributed by atoms with E-state index in [1.807, 2.05) is 11.9 Å². The number of amides is 1. The van der Waals surface area contributed by atoms with Gasteiger partial charge < -0.3 is 15.1 Å². The van der Waals surface area contributed by atoms with E-state index in [4.69, 9.17) is 12.2 Å². The Morgan fingerprint density at radius 1 is 1.24 bits per heavy atom. The average molecular weight is 383 g/mol. The van der Waals surface area contributed by atoms with Crippen LogP contribution < -0.4 is 5.32 Å². The monoisotopic (exact) mass is 382 g/mol. The molecule has 1 aromatic rings. The highest BCUT2D eigenvalue weighted by Crippen LogP contribution is 2.20. The van der Waals surface area contributed by atoms with Gasteiger partial charge in [-0.25, -0.2) is 0 Å². The van der Waals surface area contributed by atoms with Gasteiger partial charge in [-0.15, -0.1) is 0 Å². The number of nitrogens with zero attached hydrogens (tertiary/aromatic N) is 3. The third-order valence-corrected chi connectivity index (χ3v) is 5.58. The molecule has 1 aliphatic heterocycles. The number of nitrogens with one attached hydrogen (secondary N) is 1. The quantitative estimate of drug-likeness (QED) is 0.457. The molecule has 0 atom stereocenters. The van der Waals surface area contributed by atoms with Crippen molar-refractivity contribution in [1.82, 2.24) is 15.1 Å². The maximum Gasteiger partial charge on any atom is 0.269 e. The molecule has 0 spiro atoms. The number of hydrogen-bond donors (Lipinski definition) is 1. The Morgan fingerprint density at radius 2 is 1.84 bits per heavy atom. The molecule has 0 aliphatic carbocycles. The van der Waals surface area contributed by atoms with Gasteiger partial charge in [0.05, 0.1) is 4.92 Å². The molecule has 0 radical (unpaired) electrons. The van der Waals surface area contributed by atoms with Crippen LogP contribution in [0, 0.1) is 10.1 Å². The van der Waals surface area contributed by atoms with E-state index in [-0.39, 0.29) is 11.6 Å². The number of nitro benzene ring substituents is 1. The minimum Gasteiger partial charge on any atom is -0.354 e. The van der Waals surface area contributed by atoms with Crippen molar-refractivity contribution in [3.05, 3.63) is 39.9 Å². The van der Waals surface area contributed by atoms with Crippen molar-refractivity contribution in [3.8, 4) is 0 Å². The molecule has 0 aromatic heterocycles. The van der Waals surface area contributed by atoms with E-state index in [9.17, 15) is 14.9 Å². The summed E-state index contributed by atoms with van der Waals surface area (Å²) >= 11 is 7.03. The van der Waals surface area contributed by atoms with Crippen LogP contribution >= 0.6 is 24.0 Å². The Kier molecular flexibility index (Phi) is 7.60. The summed E-state index contributed by atoms with van der Waals surface area (Å²) < 4.78 is 0.806. The second-order valence-corrected chi connectivity index (χ2v) is 7.31. The molecule has 25 heavy (non-hydrogen) atoms. The van der Waals surface area contributed by atoms with Crippen LogP contribution in [0.1, 0.15) is 12.0 Å². The molecule has 1 aromatic carbocycles. The van der Waals surface area contributed by atoms with Crippen LogP contribution in [0.25, 0.3) is 0 Å². The molecule has 7 nitrogen and oxygen atoms in total. The number of thioether (sulfide) groups is 1. The Hall–Kier alpha value is -1.71. The maximum absolute atomic E-state index is 12.0. The number of thiocarbonyl (C=S) groups is 1. The van der Waals surface area contributed by atoms with Crippen LogP contribution in [0.4, 0.5) is 5.69 Å². The largest absolute Gasteiger partial charge is 0.354 e. The van der Waals surface area contributed by atoms with Crippen molar-refractivity contribution in [3.63, 3.8) is 0 Å². The van der Waals surface area contributed by atoms with E-state index in [1.54, 1.807) is 23.9 Å². The van der Waals surface area contributed by atoms with Crippen molar-refractivity contribution in [1.29, 1.82) is 0 Å². The molecule has 1 fully saturated rings. The minimum atomic E-state index is -0.404. The zero-order valence-electron chi connectivity index (χ0n) is 14.1. The van der Waals surface area contributed by atoms with E-state index < -0.39 is 4.92 Å². The predicted octanol–water partition coefficient (Wildman–Crippen LogP) is 1.87. The van der Waals surface area contributed by atoms with Crippen LogP contribution in [0.15, 0.2) is 24.3 Å². The number of nitro groups is 1. The van der Waals surface area contributed by atoms with Crippen LogP contribution in [-0.2, 0) is 10.5 Å². The summed E-state index contributed by atoms with van der Waals surface area (Å²) in [4.78, 5) is 26.3. The molecule has 0 unspecified atom stereocenters. The molecule has 1 saturated heterocycles. The summed E-state index contributed by atoms with van der Waals surface area (Å²) in [5.74, 6) is 0.858. The normalized spacial score (nSPS) is 14.4. The topological polar surface area (TPSA) is 78.7 Å². The number of hydrogen-bond acceptors (Lipinski definition) is 6. The summed E-state index contributed by atoms with van der Waals surface area (Å²) in [6, 6.07) is 6.53. The highest BCUT2D eigenvalue weighted by Gasteiger charge is 2.22. The zero-order chi connectivity index (χ0) is 18.2. The smallest absolute Gasteiger partial charge is 0.269 e. The predicted molar refractivity (Wildman–Crippen MR) is 104 cm³/mol. The van der Waals surface area contributed by atoms with Gasteiger partial charge in [0.15, 0.2) is 0 Å². The molecular weight excluding hydrogens is 360 g/mol. The molecule has 0 saturated carbocycles. The Morgan fingerprint density at radius 3 is 2.40 bits per heavy atom. The molecule has 1 N–H and O–H groups in total. The fourth-order valence-electron chi connectivity index (χ4n) is 2.48. The maximum atomic E-state index is 12.0. The van der Waals surface area contributed by atoms with Crippen molar-refractivity contribution in [2.45, 2.75) is 12.2 Å². The fraction of sp³-hybridized carbons (Fsp3) is 0.500. The first kappa shape index (κ1) is 19.6. The lowest BCUT2D eigenvalue weighted by Crippen LogP contribution is -2.50. The van der Waals surface area contributed by atoms with Crippen molar-refractivity contribution in [2.75, 3.05) is 39.8 Å². The van der Waals surface area contributed by atoms with Gasteiger partial charge in [0, 0.05) is 57.0 Å². The highest BCUT2D eigenvalue weighted by atomic mass is 32.2. The molecule has 2 rings (SSSR count). The lowest BCUT2D eigenvalue weighted by atomic mass is 10.2. The third-order valence-electron chi connectivity index (χ3n) is 3.99. The van der Waals surface area contributed by atoms with Gasteiger partial charge in [-0.1, -0.05) is 36.1 Å². The average Bonchev–Trinajstić information content (AvgIpc) is 2.64. The van der Waals surface area contributed by atoms with Crippen LogP contribution in [0.5, 0.6) is 0 Å². The number of rotatable bonds is 6. The van der Waals surface area contributed by atoms with Crippen molar-refractivity contribution >= 4 is 39.9 Å². The van der Waals surface area contributed by atoms with Gasteiger partial charge in [-0.3, -0.25) is 14.9 Å². The first-order chi connectivity index (χ1) is 12.0. The highest BCUT2D eigenvalue weighted by molar-refractivity contribution is 8.22. The van der Waals surface area contributed by atoms with E-state index in [0.717, 1.165) is 23.0 Å². The molecule has 9 heteroatoms. The SMILES string of the molecule is CNCCC(=O)N1CCN(C(=S)SCc2ccc([N+](=O)[O-])cc2)CC1. The Labute approximate surface area is 156 Å². The van der Waals surface area contributed by atoms with E-state index in [0.29, 0.717) is 31.8 Å². The van der Waals surface area contributed by atoms with Crippen LogP contribution in [0.2, 0.25) is 0 Å². The molecular formula is C16H22N4O3S2. The fourth-order valence-corrected chi connectivity index (χ4v) is 3.69. The second-order valence-electron chi connectivity index (χ2n) is 5.70. The van der Waals surface area contributed by atoms with Crippen LogP contribution in [-0.4, -0.2) is 64.7 Å². The number of carbonyl (C=O) groups excluding carboxylic acids is 1. The van der Waals surface area contributed by atoms with Gasteiger partial charge in [-0.05, 0) is 12.6 Å². The summed E-state index contributed by atoms with van der Waals surface area (Å²) in [6.07, 6.45) is 0.524. The first-order valence-corrected chi connectivity index (χ1v) is 9.48.